The zero-order valence-corrected chi connectivity index (χ0v) is 16.3. The van der Waals surface area contributed by atoms with Gasteiger partial charge in [-0.05, 0) is 45.0 Å². The number of rotatable bonds is 7. The highest BCUT2D eigenvalue weighted by Gasteiger charge is 2.27. The summed E-state index contributed by atoms with van der Waals surface area (Å²) in [6.45, 7) is 6.72. The molecule has 3 rings (SSSR count). The van der Waals surface area contributed by atoms with Crippen molar-refractivity contribution in [3.63, 3.8) is 0 Å². The molecule has 6 nitrogen and oxygen atoms in total. The molecule has 0 fully saturated rings. The summed E-state index contributed by atoms with van der Waals surface area (Å²) in [4.78, 5) is 28.6. The van der Waals surface area contributed by atoms with E-state index in [-0.39, 0.29) is 13.2 Å². The van der Waals surface area contributed by atoms with Crippen LogP contribution in [0.1, 0.15) is 20.8 Å². The molecule has 0 saturated carbocycles. The fourth-order valence-corrected chi connectivity index (χ4v) is 3.31. The van der Waals surface area contributed by atoms with Crippen LogP contribution in [0, 0.1) is 5.92 Å². The molecule has 0 aliphatic rings. The van der Waals surface area contributed by atoms with E-state index in [9.17, 15) is 9.59 Å². The number of esters is 2. The van der Waals surface area contributed by atoms with Crippen molar-refractivity contribution >= 4 is 45.6 Å². The van der Waals surface area contributed by atoms with Gasteiger partial charge in [-0.25, -0.2) is 0 Å². The van der Waals surface area contributed by atoms with Gasteiger partial charge in [-0.1, -0.05) is 18.2 Å². The number of aryl methyl sites for hydroxylation is 1. The van der Waals surface area contributed by atoms with Crippen LogP contribution >= 0.6 is 0 Å². The summed E-state index contributed by atoms with van der Waals surface area (Å²) in [5, 5.41) is 2.22. The number of aliphatic imine (C=N–C) groups is 1. The Bertz CT molecular complexity index is 1020. The third-order valence-electron chi connectivity index (χ3n) is 4.53. The molecule has 0 radical (unpaired) electrons. The van der Waals surface area contributed by atoms with Crippen LogP contribution in [0.3, 0.4) is 0 Å². The molecule has 0 unspecified atom stereocenters. The lowest BCUT2D eigenvalue weighted by Gasteiger charge is -2.10. The Morgan fingerprint density at radius 1 is 0.964 bits per heavy atom. The molecular formula is C22H24N2O4. The van der Waals surface area contributed by atoms with Crippen molar-refractivity contribution in [2.75, 3.05) is 13.2 Å². The minimum Gasteiger partial charge on any atom is -0.465 e. The molecule has 0 atom stereocenters. The fourth-order valence-electron chi connectivity index (χ4n) is 3.31. The van der Waals surface area contributed by atoms with Crippen molar-refractivity contribution in [2.24, 2.45) is 10.9 Å². The fraction of sp³-hybridized carbons (Fsp3) is 0.318. The minimum atomic E-state index is -1.17. The Balaban J connectivity index is 1.99. The molecule has 0 bridgehead atoms. The molecule has 146 valence electrons. The standard InChI is InChI=1S/C22H24N2O4/c1-4-24-19-10-8-7-9-16(19)17-13-15(11-12-20(17)24)23-14-18(21(25)27-5-2)22(26)28-6-3/h7-14,18H,4-6H2,1-3H3. The van der Waals surface area contributed by atoms with Crippen LogP contribution in [0.15, 0.2) is 47.5 Å². The van der Waals surface area contributed by atoms with Crippen LogP contribution in [-0.2, 0) is 25.6 Å². The number of carbonyl (C=O) groups excluding carboxylic acids is 2. The number of ether oxygens (including phenoxy) is 2. The van der Waals surface area contributed by atoms with Crippen LogP contribution in [0.4, 0.5) is 5.69 Å². The normalized spacial score (nSPS) is 11.6. The van der Waals surface area contributed by atoms with E-state index in [2.05, 4.69) is 28.6 Å². The lowest BCUT2D eigenvalue weighted by atomic mass is 10.1. The monoisotopic (exact) mass is 380 g/mol. The van der Waals surface area contributed by atoms with Crippen molar-refractivity contribution in [3.8, 4) is 0 Å². The molecule has 0 aliphatic heterocycles. The predicted octanol–water partition coefficient (Wildman–Crippen LogP) is 4.26. The number of para-hydroxylation sites is 1. The van der Waals surface area contributed by atoms with Gasteiger partial charge >= 0.3 is 11.9 Å². The average molecular weight is 380 g/mol. The summed E-state index contributed by atoms with van der Waals surface area (Å²) >= 11 is 0. The molecule has 0 amide bonds. The lowest BCUT2D eigenvalue weighted by molar-refractivity contribution is -0.157. The molecule has 28 heavy (non-hydrogen) atoms. The maximum atomic E-state index is 12.1. The smallest absolute Gasteiger partial charge is 0.325 e. The number of aromatic nitrogens is 1. The number of hydrogen-bond donors (Lipinski definition) is 0. The second kappa shape index (κ2) is 8.69. The molecule has 0 spiro atoms. The summed E-state index contributed by atoms with van der Waals surface area (Å²) in [5.41, 5.74) is 2.94. The summed E-state index contributed by atoms with van der Waals surface area (Å²) in [6, 6.07) is 14.1. The first kappa shape index (κ1) is 19.6. The van der Waals surface area contributed by atoms with Gasteiger partial charge in [0, 0.05) is 34.6 Å². The van der Waals surface area contributed by atoms with Crippen LogP contribution in [0.5, 0.6) is 0 Å². The van der Waals surface area contributed by atoms with Gasteiger partial charge in [-0.2, -0.15) is 0 Å². The van der Waals surface area contributed by atoms with Gasteiger partial charge in [0.05, 0.1) is 18.9 Å². The Kier molecular flexibility index (Phi) is 6.09. The van der Waals surface area contributed by atoms with Gasteiger partial charge in [0.15, 0.2) is 5.92 Å². The lowest BCUT2D eigenvalue weighted by Crippen LogP contribution is -2.29. The summed E-state index contributed by atoms with van der Waals surface area (Å²) < 4.78 is 12.2. The molecule has 3 aromatic rings. The molecule has 1 heterocycles. The van der Waals surface area contributed by atoms with Crippen LogP contribution in [0.2, 0.25) is 0 Å². The molecule has 0 N–H and O–H groups in total. The Hall–Kier alpha value is -3.15. The molecule has 0 aliphatic carbocycles. The van der Waals surface area contributed by atoms with Crippen molar-refractivity contribution in [1.29, 1.82) is 0 Å². The van der Waals surface area contributed by atoms with E-state index in [1.165, 1.54) is 6.21 Å². The van der Waals surface area contributed by atoms with Gasteiger partial charge in [0.2, 0.25) is 0 Å². The molecule has 1 aromatic heterocycles. The van der Waals surface area contributed by atoms with E-state index in [0.29, 0.717) is 5.69 Å². The first-order valence-electron chi connectivity index (χ1n) is 9.49. The third kappa shape index (κ3) is 3.76. The predicted molar refractivity (Wildman–Crippen MR) is 110 cm³/mol. The number of hydrogen-bond acceptors (Lipinski definition) is 5. The van der Waals surface area contributed by atoms with Gasteiger partial charge in [0.25, 0.3) is 0 Å². The molecular weight excluding hydrogens is 356 g/mol. The topological polar surface area (TPSA) is 69.9 Å². The summed E-state index contributed by atoms with van der Waals surface area (Å²) in [6.07, 6.45) is 1.30. The van der Waals surface area contributed by atoms with Crippen LogP contribution in [-0.4, -0.2) is 35.9 Å². The van der Waals surface area contributed by atoms with E-state index < -0.39 is 17.9 Å². The second-order valence-electron chi connectivity index (χ2n) is 6.22. The summed E-state index contributed by atoms with van der Waals surface area (Å²) in [5.74, 6) is -2.49. The van der Waals surface area contributed by atoms with Gasteiger partial charge < -0.3 is 14.0 Å². The molecule has 6 heteroatoms. The van der Waals surface area contributed by atoms with Crippen molar-refractivity contribution < 1.29 is 19.1 Å². The SMILES string of the molecule is CCOC(=O)C(C=Nc1ccc2c(c1)c1ccccc1n2CC)C(=O)OCC. The largest absolute Gasteiger partial charge is 0.465 e. The first-order chi connectivity index (χ1) is 13.6. The van der Waals surface area contributed by atoms with E-state index in [0.717, 1.165) is 28.4 Å². The van der Waals surface area contributed by atoms with Crippen LogP contribution < -0.4 is 0 Å². The quantitative estimate of drug-likeness (QED) is 0.349. The highest BCUT2D eigenvalue weighted by Crippen LogP contribution is 2.31. The highest BCUT2D eigenvalue weighted by molar-refractivity contribution is 6.11. The van der Waals surface area contributed by atoms with E-state index in [4.69, 9.17) is 9.47 Å². The Labute approximate surface area is 163 Å². The zero-order valence-electron chi connectivity index (χ0n) is 16.3. The van der Waals surface area contributed by atoms with Crippen molar-refractivity contribution in [2.45, 2.75) is 27.3 Å². The maximum Gasteiger partial charge on any atom is 0.325 e. The van der Waals surface area contributed by atoms with Crippen molar-refractivity contribution in [1.82, 2.24) is 4.57 Å². The van der Waals surface area contributed by atoms with E-state index >= 15 is 0 Å². The second-order valence-corrected chi connectivity index (χ2v) is 6.22. The Morgan fingerprint density at radius 2 is 1.61 bits per heavy atom. The van der Waals surface area contributed by atoms with Crippen molar-refractivity contribution in [3.05, 3.63) is 42.5 Å². The van der Waals surface area contributed by atoms with Gasteiger partial charge in [0.1, 0.15) is 0 Å². The van der Waals surface area contributed by atoms with Crippen LogP contribution in [0.25, 0.3) is 21.8 Å². The number of nitrogens with zero attached hydrogens (tertiary/aromatic N) is 2. The zero-order chi connectivity index (χ0) is 20.1. The maximum absolute atomic E-state index is 12.1. The van der Waals surface area contributed by atoms with E-state index in [1.807, 2.05) is 30.3 Å². The third-order valence-corrected chi connectivity index (χ3v) is 4.53. The number of fused-ring (bicyclic) bond motifs is 3. The van der Waals surface area contributed by atoms with E-state index in [1.54, 1.807) is 13.8 Å². The average Bonchev–Trinajstić information content (AvgIpc) is 3.01. The summed E-state index contributed by atoms with van der Waals surface area (Å²) in [7, 11) is 0. The number of carbonyl (C=O) groups is 2. The molecule has 0 saturated heterocycles. The van der Waals surface area contributed by atoms with Gasteiger partial charge in [-0.3, -0.25) is 14.6 Å². The number of benzene rings is 2. The Morgan fingerprint density at radius 3 is 2.25 bits per heavy atom. The highest BCUT2D eigenvalue weighted by atomic mass is 16.6. The molecule has 2 aromatic carbocycles. The van der Waals surface area contributed by atoms with Gasteiger partial charge in [-0.15, -0.1) is 0 Å². The first-order valence-corrected chi connectivity index (χ1v) is 9.49. The minimum absolute atomic E-state index is 0.186.